The van der Waals surface area contributed by atoms with Crippen molar-refractivity contribution in [1.29, 1.82) is 0 Å². The fourth-order valence-corrected chi connectivity index (χ4v) is 3.76. The highest BCUT2D eigenvalue weighted by molar-refractivity contribution is 4.85. The summed E-state index contributed by atoms with van der Waals surface area (Å²) >= 11 is 0. The van der Waals surface area contributed by atoms with Crippen molar-refractivity contribution in [2.75, 3.05) is 26.2 Å². The monoisotopic (exact) mass is 252 g/mol. The lowest BCUT2D eigenvalue weighted by atomic mass is 9.84. The summed E-state index contributed by atoms with van der Waals surface area (Å²) in [5.41, 5.74) is 0. The van der Waals surface area contributed by atoms with Gasteiger partial charge in [-0.2, -0.15) is 0 Å². The lowest BCUT2D eigenvalue weighted by Gasteiger charge is -2.34. The van der Waals surface area contributed by atoms with Crippen LogP contribution in [0.3, 0.4) is 0 Å². The minimum absolute atomic E-state index is 0.917. The molecular formula is C16H32N2. The van der Waals surface area contributed by atoms with Gasteiger partial charge in [0.2, 0.25) is 0 Å². The summed E-state index contributed by atoms with van der Waals surface area (Å²) < 4.78 is 0. The molecule has 1 unspecified atom stereocenters. The van der Waals surface area contributed by atoms with Crippen molar-refractivity contribution in [2.24, 2.45) is 11.8 Å². The largest absolute Gasteiger partial charge is 0.316 e. The van der Waals surface area contributed by atoms with E-state index < -0.39 is 0 Å². The molecule has 0 aromatic carbocycles. The SMILES string of the molecule is CCCNCC1CCN(C2CCC(CC)CC2)C1. The van der Waals surface area contributed by atoms with Crippen LogP contribution in [-0.4, -0.2) is 37.1 Å². The summed E-state index contributed by atoms with van der Waals surface area (Å²) in [5, 5.41) is 3.59. The van der Waals surface area contributed by atoms with Gasteiger partial charge < -0.3 is 10.2 Å². The van der Waals surface area contributed by atoms with Gasteiger partial charge in [-0.05, 0) is 70.0 Å². The molecule has 2 aliphatic rings. The van der Waals surface area contributed by atoms with Gasteiger partial charge in [0.05, 0.1) is 0 Å². The first-order valence-electron chi connectivity index (χ1n) is 8.28. The van der Waals surface area contributed by atoms with E-state index in [2.05, 4.69) is 24.1 Å². The number of hydrogen-bond acceptors (Lipinski definition) is 2. The molecule has 2 rings (SSSR count). The Balaban J connectivity index is 1.66. The Morgan fingerprint density at radius 3 is 2.44 bits per heavy atom. The molecule has 1 aliphatic carbocycles. The van der Waals surface area contributed by atoms with E-state index >= 15 is 0 Å². The number of rotatable bonds is 6. The van der Waals surface area contributed by atoms with Crippen LogP contribution in [0.25, 0.3) is 0 Å². The summed E-state index contributed by atoms with van der Waals surface area (Å²) in [6, 6.07) is 0.920. The van der Waals surface area contributed by atoms with Crippen LogP contribution < -0.4 is 5.32 Å². The molecule has 1 atom stereocenters. The van der Waals surface area contributed by atoms with Gasteiger partial charge in [-0.15, -0.1) is 0 Å². The molecule has 0 radical (unpaired) electrons. The Hall–Kier alpha value is -0.0800. The van der Waals surface area contributed by atoms with Crippen LogP contribution in [0, 0.1) is 11.8 Å². The molecule has 106 valence electrons. The molecule has 18 heavy (non-hydrogen) atoms. The van der Waals surface area contributed by atoms with Gasteiger partial charge >= 0.3 is 0 Å². The van der Waals surface area contributed by atoms with Crippen molar-refractivity contribution in [2.45, 2.75) is 64.8 Å². The van der Waals surface area contributed by atoms with E-state index in [0.29, 0.717) is 0 Å². The van der Waals surface area contributed by atoms with E-state index in [1.807, 2.05) is 0 Å². The molecule has 0 aromatic rings. The molecule has 2 heteroatoms. The van der Waals surface area contributed by atoms with Crippen LogP contribution in [0.15, 0.2) is 0 Å². The average molecular weight is 252 g/mol. The second kappa shape index (κ2) is 7.49. The smallest absolute Gasteiger partial charge is 0.00955 e. The molecule has 0 spiro atoms. The lowest BCUT2D eigenvalue weighted by Crippen LogP contribution is -2.37. The first-order valence-corrected chi connectivity index (χ1v) is 8.28. The normalized spacial score (nSPS) is 34.0. The molecular weight excluding hydrogens is 220 g/mol. The van der Waals surface area contributed by atoms with Crippen molar-refractivity contribution >= 4 is 0 Å². The van der Waals surface area contributed by atoms with Crippen molar-refractivity contribution in [3.63, 3.8) is 0 Å². The van der Waals surface area contributed by atoms with Gasteiger partial charge in [-0.3, -0.25) is 0 Å². The Kier molecular flexibility index (Phi) is 5.97. The predicted octanol–water partition coefficient (Wildman–Crippen LogP) is 3.28. The van der Waals surface area contributed by atoms with Crippen LogP contribution in [0.2, 0.25) is 0 Å². The third kappa shape index (κ3) is 3.96. The van der Waals surface area contributed by atoms with Crippen LogP contribution in [0.4, 0.5) is 0 Å². The van der Waals surface area contributed by atoms with E-state index in [-0.39, 0.29) is 0 Å². The Bertz CT molecular complexity index is 221. The zero-order valence-electron chi connectivity index (χ0n) is 12.5. The lowest BCUT2D eigenvalue weighted by molar-refractivity contribution is 0.158. The first kappa shape index (κ1) is 14.3. The van der Waals surface area contributed by atoms with Crippen LogP contribution in [-0.2, 0) is 0 Å². The fourth-order valence-electron chi connectivity index (χ4n) is 3.76. The highest BCUT2D eigenvalue weighted by Gasteiger charge is 2.30. The molecule has 0 aromatic heterocycles. The van der Waals surface area contributed by atoms with E-state index in [4.69, 9.17) is 0 Å². The summed E-state index contributed by atoms with van der Waals surface area (Å²) in [6.07, 6.45) is 9.98. The fraction of sp³-hybridized carbons (Fsp3) is 1.00. The Morgan fingerprint density at radius 2 is 1.78 bits per heavy atom. The van der Waals surface area contributed by atoms with Crippen LogP contribution >= 0.6 is 0 Å². The molecule has 2 nitrogen and oxygen atoms in total. The second-order valence-electron chi connectivity index (χ2n) is 6.44. The van der Waals surface area contributed by atoms with Crippen LogP contribution in [0.1, 0.15) is 58.8 Å². The highest BCUT2D eigenvalue weighted by atomic mass is 15.2. The zero-order valence-corrected chi connectivity index (χ0v) is 12.5. The van der Waals surface area contributed by atoms with E-state index in [9.17, 15) is 0 Å². The quantitative estimate of drug-likeness (QED) is 0.730. The van der Waals surface area contributed by atoms with E-state index in [1.165, 1.54) is 71.1 Å². The van der Waals surface area contributed by atoms with Gasteiger partial charge in [0.25, 0.3) is 0 Å². The number of likely N-dealkylation sites (tertiary alicyclic amines) is 1. The van der Waals surface area contributed by atoms with Gasteiger partial charge in [-0.25, -0.2) is 0 Å². The maximum Gasteiger partial charge on any atom is 0.00955 e. The van der Waals surface area contributed by atoms with Crippen molar-refractivity contribution < 1.29 is 0 Å². The van der Waals surface area contributed by atoms with Gasteiger partial charge in [0, 0.05) is 12.6 Å². The Labute approximate surface area is 114 Å². The molecule has 0 bridgehead atoms. The number of nitrogens with zero attached hydrogens (tertiary/aromatic N) is 1. The Morgan fingerprint density at radius 1 is 1.00 bits per heavy atom. The van der Waals surface area contributed by atoms with E-state index in [0.717, 1.165) is 17.9 Å². The maximum atomic E-state index is 3.59. The van der Waals surface area contributed by atoms with Crippen molar-refractivity contribution in [1.82, 2.24) is 10.2 Å². The molecule has 1 heterocycles. The molecule has 0 amide bonds. The number of hydrogen-bond donors (Lipinski definition) is 1. The van der Waals surface area contributed by atoms with Crippen molar-refractivity contribution in [3.05, 3.63) is 0 Å². The maximum absolute atomic E-state index is 3.59. The van der Waals surface area contributed by atoms with Crippen LogP contribution in [0.5, 0.6) is 0 Å². The standard InChI is InChI=1S/C16H32N2/c1-3-10-17-12-15-9-11-18(13-15)16-7-5-14(4-2)6-8-16/h14-17H,3-13H2,1-2H3. The summed E-state index contributed by atoms with van der Waals surface area (Å²) in [4.78, 5) is 2.80. The molecule has 1 saturated heterocycles. The summed E-state index contributed by atoms with van der Waals surface area (Å²) in [6.45, 7) is 9.77. The molecule has 2 fully saturated rings. The van der Waals surface area contributed by atoms with Crippen molar-refractivity contribution in [3.8, 4) is 0 Å². The summed E-state index contributed by atoms with van der Waals surface area (Å²) in [7, 11) is 0. The number of nitrogens with one attached hydrogen (secondary N) is 1. The zero-order chi connectivity index (χ0) is 12.8. The summed E-state index contributed by atoms with van der Waals surface area (Å²) in [5.74, 6) is 1.95. The van der Waals surface area contributed by atoms with E-state index in [1.54, 1.807) is 0 Å². The minimum Gasteiger partial charge on any atom is -0.316 e. The van der Waals surface area contributed by atoms with Gasteiger partial charge in [0.15, 0.2) is 0 Å². The first-order chi connectivity index (χ1) is 8.83. The average Bonchev–Trinajstić information content (AvgIpc) is 2.88. The van der Waals surface area contributed by atoms with Gasteiger partial charge in [-0.1, -0.05) is 20.3 Å². The second-order valence-corrected chi connectivity index (χ2v) is 6.44. The minimum atomic E-state index is 0.917. The molecule has 1 saturated carbocycles. The molecule has 1 aliphatic heterocycles. The third-order valence-corrected chi connectivity index (χ3v) is 5.09. The highest BCUT2D eigenvalue weighted by Crippen LogP contribution is 2.31. The third-order valence-electron chi connectivity index (χ3n) is 5.09. The molecule has 1 N–H and O–H groups in total. The topological polar surface area (TPSA) is 15.3 Å². The predicted molar refractivity (Wildman–Crippen MR) is 78.9 cm³/mol. The van der Waals surface area contributed by atoms with Gasteiger partial charge in [0.1, 0.15) is 0 Å².